The maximum absolute atomic E-state index is 5.58. The smallest absolute Gasteiger partial charge is 0.119 e. The fourth-order valence-electron chi connectivity index (χ4n) is 1.32. The molecule has 16 heavy (non-hydrogen) atoms. The van der Waals surface area contributed by atoms with Gasteiger partial charge in [-0.05, 0) is 38.5 Å². The zero-order valence-corrected chi connectivity index (χ0v) is 10.4. The maximum atomic E-state index is 5.58. The van der Waals surface area contributed by atoms with E-state index in [9.17, 15) is 0 Å². The molecule has 88 valence electrons. The third-order valence-corrected chi connectivity index (χ3v) is 2.28. The summed E-state index contributed by atoms with van der Waals surface area (Å²) >= 11 is 0. The fourth-order valence-corrected chi connectivity index (χ4v) is 1.32. The molecule has 0 aliphatic heterocycles. The molecule has 1 N–H and O–H groups in total. The Balaban J connectivity index is 2.48. The van der Waals surface area contributed by atoms with Gasteiger partial charge in [0.15, 0.2) is 0 Å². The highest BCUT2D eigenvalue weighted by Gasteiger charge is 1.99. The molecule has 1 unspecified atom stereocenters. The Morgan fingerprint density at radius 2 is 1.88 bits per heavy atom. The molecule has 0 aliphatic rings. The van der Waals surface area contributed by atoms with Crippen LogP contribution in [0, 0.1) is 0 Å². The maximum Gasteiger partial charge on any atom is 0.119 e. The third-order valence-electron chi connectivity index (χ3n) is 2.28. The molecule has 0 radical (unpaired) electrons. The van der Waals surface area contributed by atoms with Crippen LogP contribution in [0.1, 0.15) is 26.3 Å². The average Bonchev–Trinajstić information content (AvgIpc) is 2.27. The SMILES string of the molecule is C=CC(C)NCc1ccc(OC(C)C)cc1. The third kappa shape index (κ3) is 4.49. The quantitative estimate of drug-likeness (QED) is 0.742. The first-order chi connectivity index (χ1) is 7.61. The Morgan fingerprint density at radius 1 is 1.25 bits per heavy atom. The van der Waals surface area contributed by atoms with Crippen LogP contribution in [-0.4, -0.2) is 12.1 Å². The molecule has 2 nitrogen and oxygen atoms in total. The van der Waals surface area contributed by atoms with E-state index in [-0.39, 0.29) is 6.10 Å². The van der Waals surface area contributed by atoms with E-state index in [1.54, 1.807) is 0 Å². The second-order valence-corrected chi connectivity index (χ2v) is 4.22. The average molecular weight is 219 g/mol. The highest BCUT2D eigenvalue weighted by atomic mass is 16.5. The van der Waals surface area contributed by atoms with E-state index >= 15 is 0 Å². The van der Waals surface area contributed by atoms with Crippen molar-refractivity contribution >= 4 is 0 Å². The molecule has 0 aromatic heterocycles. The number of hydrogen-bond donors (Lipinski definition) is 1. The van der Waals surface area contributed by atoms with Crippen LogP contribution >= 0.6 is 0 Å². The van der Waals surface area contributed by atoms with E-state index in [1.807, 2.05) is 32.1 Å². The van der Waals surface area contributed by atoms with Crippen molar-refractivity contribution in [3.8, 4) is 5.75 Å². The van der Waals surface area contributed by atoms with Gasteiger partial charge in [-0.3, -0.25) is 0 Å². The lowest BCUT2D eigenvalue weighted by Gasteiger charge is -2.11. The van der Waals surface area contributed by atoms with Crippen molar-refractivity contribution < 1.29 is 4.74 Å². The van der Waals surface area contributed by atoms with Gasteiger partial charge in [-0.1, -0.05) is 18.2 Å². The van der Waals surface area contributed by atoms with Crippen molar-refractivity contribution in [1.29, 1.82) is 0 Å². The second-order valence-electron chi connectivity index (χ2n) is 4.22. The molecule has 0 fully saturated rings. The summed E-state index contributed by atoms with van der Waals surface area (Å²) in [6.07, 6.45) is 2.13. The van der Waals surface area contributed by atoms with E-state index in [4.69, 9.17) is 4.74 Å². The van der Waals surface area contributed by atoms with Gasteiger partial charge in [0.1, 0.15) is 5.75 Å². The Hall–Kier alpha value is -1.28. The van der Waals surface area contributed by atoms with Gasteiger partial charge >= 0.3 is 0 Å². The van der Waals surface area contributed by atoms with Gasteiger partial charge in [0.2, 0.25) is 0 Å². The van der Waals surface area contributed by atoms with E-state index in [1.165, 1.54) is 5.56 Å². The highest BCUT2D eigenvalue weighted by molar-refractivity contribution is 5.27. The van der Waals surface area contributed by atoms with Crippen LogP contribution in [-0.2, 0) is 6.54 Å². The minimum Gasteiger partial charge on any atom is -0.491 e. The molecule has 0 spiro atoms. The number of ether oxygens (including phenoxy) is 1. The van der Waals surface area contributed by atoms with Gasteiger partial charge in [-0.15, -0.1) is 6.58 Å². The normalized spacial score (nSPS) is 12.5. The van der Waals surface area contributed by atoms with Gasteiger partial charge in [-0.2, -0.15) is 0 Å². The molecule has 0 bridgehead atoms. The van der Waals surface area contributed by atoms with Gasteiger partial charge < -0.3 is 10.1 Å². The molecule has 0 saturated heterocycles. The van der Waals surface area contributed by atoms with Crippen LogP contribution in [0.2, 0.25) is 0 Å². The zero-order valence-electron chi connectivity index (χ0n) is 10.4. The Bertz CT molecular complexity index is 316. The van der Waals surface area contributed by atoms with E-state index < -0.39 is 0 Å². The molecule has 1 aromatic carbocycles. The summed E-state index contributed by atoms with van der Waals surface area (Å²) in [5, 5.41) is 3.35. The summed E-state index contributed by atoms with van der Waals surface area (Å²) < 4.78 is 5.58. The first-order valence-corrected chi connectivity index (χ1v) is 5.73. The molecule has 1 aromatic rings. The summed E-state index contributed by atoms with van der Waals surface area (Å²) in [4.78, 5) is 0. The lowest BCUT2D eigenvalue weighted by Crippen LogP contribution is -2.22. The molecule has 0 saturated carbocycles. The van der Waals surface area contributed by atoms with Crippen LogP contribution in [0.25, 0.3) is 0 Å². The molecule has 2 heteroatoms. The zero-order chi connectivity index (χ0) is 12.0. The summed E-state index contributed by atoms with van der Waals surface area (Å²) in [5.74, 6) is 0.926. The summed E-state index contributed by atoms with van der Waals surface area (Å²) in [7, 11) is 0. The number of nitrogens with one attached hydrogen (secondary N) is 1. The largest absolute Gasteiger partial charge is 0.491 e. The first kappa shape index (κ1) is 12.8. The van der Waals surface area contributed by atoms with Crippen molar-refractivity contribution in [3.63, 3.8) is 0 Å². The van der Waals surface area contributed by atoms with Crippen LogP contribution in [0.4, 0.5) is 0 Å². The lowest BCUT2D eigenvalue weighted by atomic mass is 10.2. The molecule has 0 heterocycles. The number of hydrogen-bond acceptors (Lipinski definition) is 2. The molecule has 1 rings (SSSR count). The van der Waals surface area contributed by atoms with Gasteiger partial charge in [-0.25, -0.2) is 0 Å². The number of benzene rings is 1. The van der Waals surface area contributed by atoms with Crippen LogP contribution in [0.3, 0.4) is 0 Å². The lowest BCUT2D eigenvalue weighted by molar-refractivity contribution is 0.242. The van der Waals surface area contributed by atoms with Crippen molar-refractivity contribution in [2.75, 3.05) is 0 Å². The van der Waals surface area contributed by atoms with Crippen molar-refractivity contribution in [2.24, 2.45) is 0 Å². The Labute approximate surface area is 98.3 Å². The Morgan fingerprint density at radius 3 is 2.38 bits per heavy atom. The van der Waals surface area contributed by atoms with E-state index in [0.717, 1.165) is 12.3 Å². The van der Waals surface area contributed by atoms with Crippen molar-refractivity contribution in [2.45, 2.75) is 39.5 Å². The summed E-state index contributed by atoms with van der Waals surface area (Å²) in [6.45, 7) is 10.7. The molecule has 0 aliphatic carbocycles. The standard InChI is InChI=1S/C14H21NO/c1-5-12(4)15-10-13-6-8-14(9-7-13)16-11(2)3/h5-9,11-12,15H,1,10H2,2-4H3. The summed E-state index contributed by atoms with van der Waals surface area (Å²) in [6, 6.07) is 8.53. The predicted octanol–water partition coefficient (Wildman–Crippen LogP) is 3.14. The second kappa shape index (κ2) is 6.33. The van der Waals surface area contributed by atoms with Gasteiger partial charge in [0.25, 0.3) is 0 Å². The highest BCUT2D eigenvalue weighted by Crippen LogP contribution is 2.13. The molecular weight excluding hydrogens is 198 g/mol. The van der Waals surface area contributed by atoms with Crippen LogP contribution < -0.4 is 10.1 Å². The first-order valence-electron chi connectivity index (χ1n) is 5.73. The number of rotatable bonds is 6. The molecule has 0 amide bonds. The minimum atomic E-state index is 0.227. The van der Waals surface area contributed by atoms with E-state index in [0.29, 0.717) is 6.04 Å². The topological polar surface area (TPSA) is 21.3 Å². The van der Waals surface area contributed by atoms with Gasteiger partial charge in [0.05, 0.1) is 6.10 Å². The van der Waals surface area contributed by atoms with Crippen molar-refractivity contribution in [1.82, 2.24) is 5.32 Å². The fraction of sp³-hybridized carbons (Fsp3) is 0.429. The Kier molecular flexibility index (Phi) is 5.06. The minimum absolute atomic E-state index is 0.227. The van der Waals surface area contributed by atoms with Gasteiger partial charge in [0, 0.05) is 12.6 Å². The van der Waals surface area contributed by atoms with Crippen molar-refractivity contribution in [3.05, 3.63) is 42.5 Å². The molecule has 1 atom stereocenters. The van der Waals surface area contributed by atoms with Crippen LogP contribution in [0.5, 0.6) is 5.75 Å². The van der Waals surface area contributed by atoms with E-state index in [2.05, 4.69) is 31.0 Å². The predicted molar refractivity (Wildman–Crippen MR) is 68.7 cm³/mol. The summed E-state index contributed by atoms with van der Waals surface area (Å²) in [5.41, 5.74) is 1.25. The molecular formula is C14H21NO. The van der Waals surface area contributed by atoms with Crippen LogP contribution in [0.15, 0.2) is 36.9 Å². The monoisotopic (exact) mass is 219 g/mol.